The molecule has 0 aromatic heterocycles. The van der Waals surface area contributed by atoms with Crippen molar-refractivity contribution in [2.24, 2.45) is 0 Å². The maximum absolute atomic E-state index is 2.00. The lowest BCUT2D eigenvalue weighted by Crippen LogP contribution is -1.20. The van der Waals surface area contributed by atoms with Crippen LogP contribution in [-0.4, -0.2) is 23.0 Å². The smallest absolute Gasteiger partial charge is 0.00238 e. The summed E-state index contributed by atoms with van der Waals surface area (Å²) in [6.07, 6.45) is 0. The van der Waals surface area contributed by atoms with Gasteiger partial charge in [0, 0.05) is 23.0 Å². The van der Waals surface area contributed by atoms with Crippen molar-refractivity contribution in [2.45, 2.75) is 0 Å². The van der Waals surface area contributed by atoms with E-state index in [0.717, 1.165) is 0 Å². The van der Waals surface area contributed by atoms with E-state index in [1.807, 2.05) is 23.5 Å². The molecule has 2 saturated heterocycles. The molecular formula is C4H8S2. The molecular weight excluding hydrogens is 112 g/mol. The van der Waals surface area contributed by atoms with Crippen molar-refractivity contribution in [3.05, 3.63) is 0 Å². The molecule has 0 unspecified atom stereocenters. The van der Waals surface area contributed by atoms with E-state index >= 15 is 0 Å². The van der Waals surface area contributed by atoms with Crippen LogP contribution in [0.4, 0.5) is 0 Å². The minimum absolute atomic E-state index is 1.42. The Balaban J connectivity index is 0.0000000600. The summed E-state index contributed by atoms with van der Waals surface area (Å²) in [5.41, 5.74) is 0. The fraction of sp³-hybridized carbons (Fsp3) is 1.00. The SMILES string of the molecule is C1CS1.C1CS1. The highest BCUT2D eigenvalue weighted by atomic mass is 32.2. The van der Waals surface area contributed by atoms with Crippen LogP contribution >= 0.6 is 23.5 Å². The monoisotopic (exact) mass is 120 g/mol. The first-order valence-electron chi connectivity index (χ1n) is 2.15. The Morgan fingerprint density at radius 2 is 0.833 bits per heavy atom. The highest BCUT2D eigenvalue weighted by Gasteiger charge is 1.95. The zero-order chi connectivity index (χ0) is 4.24. The minimum atomic E-state index is 1.42. The predicted octanol–water partition coefficient (Wildman–Crippen LogP) is 1.47. The summed E-state index contributed by atoms with van der Waals surface area (Å²) in [6.45, 7) is 0. The third-order valence-corrected chi connectivity index (χ3v) is 1.22. The molecule has 0 aromatic rings. The van der Waals surface area contributed by atoms with E-state index in [-0.39, 0.29) is 0 Å². The third kappa shape index (κ3) is 8.83. The largest absolute Gasteiger partial charge is 0.160 e. The molecule has 0 bridgehead atoms. The highest BCUT2D eigenvalue weighted by molar-refractivity contribution is 8.06. The van der Waals surface area contributed by atoms with Crippen LogP contribution < -0.4 is 0 Å². The lowest BCUT2D eigenvalue weighted by Gasteiger charge is -1.11. The molecule has 0 spiro atoms. The van der Waals surface area contributed by atoms with Gasteiger partial charge in [-0.2, -0.15) is 23.5 Å². The summed E-state index contributed by atoms with van der Waals surface area (Å²) in [7, 11) is 0. The van der Waals surface area contributed by atoms with Crippen LogP contribution in [0.25, 0.3) is 0 Å². The minimum Gasteiger partial charge on any atom is -0.160 e. The van der Waals surface area contributed by atoms with Gasteiger partial charge in [0.2, 0.25) is 0 Å². The quantitative estimate of drug-likeness (QED) is 0.444. The van der Waals surface area contributed by atoms with E-state index in [9.17, 15) is 0 Å². The predicted molar refractivity (Wildman–Crippen MR) is 34.6 cm³/mol. The Morgan fingerprint density at radius 1 is 0.667 bits per heavy atom. The van der Waals surface area contributed by atoms with Crippen LogP contribution in [0.3, 0.4) is 0 Å². The Morgan fingerprint density at radius 3 is 0.833 bits per heavy atom. The first kappa shape index (κ1) is 4.85. The normalized spacial score (nSPS) is 24.0. The summed E-state index contributed by atoms with van der Waals surface area (Å²) in [6, 6.07) is 0. The van der Waals surface area contributed by atoms with Gasteiger partial charge in [0.1, 0.15) is 0 Å². The van der Waals surface area contributed by atoms with Gasteiger partial charge in [0.25, 0.3) is 0 Å². The van der Waals surface area contributed by atoms with Crippen molar-refractivity contribution in [2.75, 3.05) is 23.0 Å². The van der Waals surface area contributed by atoms with E-state index < -0.39 is 0 Å². The Labute approximate surface area is 47.1 Å². The third-order valence-electron chi connectivity index (χ3n) is 0.408. The Kier molecular flexibility index (Phi) is 2.27. The van der Waals surface area contributed by atoms with Crippen molar-refractivity contribution in [1.82, 2.24) is 0 Å². The van der Waals surface area contributed by atoms with Crippen LogP contribution in [0.5, 0.6) is 0 Å². The topological polar surface area (TPSA) is 0 Å². The van der Waals surface area contributed by atoms with Gasteiger partial charge in [-0.05, 0) is 0 Å². The maximum atomic E-state index is 2.00. The van der Waals surface area contributed by atoms with Crippen LogP contribution in [0.15, 0.2) is 0 Å². The first-order chi connectivity index (χ1) is 3.00. The van der Waals surface area contributed by atoms with Crippen molar-refractivity contribution in [3.63, 3.8) is 0 Å². The van der Waals surface area contributed by atoms with Gasteiger partial charge in [-0.1, -0.05) is 0 Å². The van der Waals surface area contributed by atoms with Gasteiger partial charge in [-0.3, -0.25) is 0 Å². The van der Waals surface area contributed by atoms with Crippen molar-refractivity contribution < 1.29 is 0 Å². The molecule has 2 heteroatoms. The molecule has 0 aromatic carbocycles. The summed E-state index contributed by atoms with van der Waals surface area (Å²) in [5, 5.41) is 0. The summed E-state index contributed by atoms with van der Waals surface area (Å²) < 4.78 is 0. The average Bonchev–Trinajstić information content (AvgIpc) is 2.31. The molecule has 0 amide bonds. The van der Waals surface area contributed by atoms with Crippen LogP contribution in [0, 0.1) is 0 Å². The lowest BCUT2D eigenvalue weighted by molar-refractivity contribution is 1.75. The van der Waals surface area contributed by atoms with Gasteiger partial charge in [-0.25, -0.2) is 0 Å². The molecule has 2 heterocycles. The first-order valence-corrected chi connectivity index (χ1v) is 4.46. The summed E-state index contributed by atoms with van der Waals surface area (Å²) >= 11 is 4.00. The fourth-order valence-electron chi connectivity index (χ4n) is 0. The fourth-order valence-corrected chi connectivity index (χ4v) is 0. The molecule has 2 aliphatic heterocycles. The highest BCUT2D eigenvalue weighted by Crippen LogP contribution is 2.14. The molecule has 6 heavy (non-hydrogen) atoms. The number of hydrogen-bond donors (Lipinski definition) is 0. The maximum Gasteiger partial charge on any atom is 0.00238 e. The molecule has 2 aliphatic rings. The lowest BCUT2D eigenvalue weighted by atomic mass is 11.0. The van der Waals surface area contributed by atoms with E-state index in [1.165, 1.54) is 23.0 Å². The van der Waals surface area contributed by atoms with Crippen LogP contribution in [0.2, 0.25) is 0 Å². The second kappa shape index (κ2) is 2.80. The van der Waals surface area contributed by atoms with Gasteiger partial charge < -0.3 is 0 Å². The van der Waals surface area contributed by atoms with E-state index in [0.29, 0.717) is 0 Å². The summed E-state index contributed by atoms with van der Waals surface area (Å²) in [5.74, 6) is 5.67. The summed E-state index contributed by atoms with van der Waals surface area (Å²) in [4.78, 5) is 0. The van der Waals surface area contributed by atoms with E-state index in [2.05, 4.69) is 0 Å². The molecule has 0 aliphatic carbocycles. The molecule has 0 N–H and O–H groups in total. The van der Waals surface area contributed by atoms with Crippen molar-refractivity contribution in [1.29, 1.82) is 0 Å². The van der Waals surface area contributed by atoms with Gasteiger partial charge >= 0.3 is 0 Å². The second-order valence-corrected chi connectivity index (χ2v) is 3.67. The number of hydrogen-bond acceptors (Lipinski definition) is 2. The molecule has 0 radical (unpaired) electrons. The van der Waals surface area contributed by atoms with Gasteiger partial charge in [0.05, 0.1) is 0 Å². The molecule has 0 nitrogen and oxygen atoms in total. The average molecular weight is 120 g/mol. The zero-order valence-electron chi connectivity index (χ0n) is 3.64. The number of thioether (sulfide) groups is 2. The standard InChI is InChI=1S/2C2H4S/c2*1-2-3-1/h2*1-2H2. The van der Waals surface area contributed by atoms with E-state index in [4.69, 9.17) is 0 Å². The van der Waals surface area contributed by atoms with Crippen LogP contribution in [-0.2, 0) is 0 Å². The zero-order valence-corrected chi connectivity index (χ0v) is 5.28. The molecule has 36 valence electrons. The van der Waals surface area contributed by atoms with Gasteiger partial charge in [-0.15, -0.1) is 0 Å². The molecule has 0 atom stereocenters. The molecule has 2 fully saturated rings. The Hall–Kier alpha value is 0.700. The second-order valence-electron chi connectivity index (χ2n) is 1.22. The van der Waals surface area contributed by atoms with Crippen LogP contribution in [0.1, 0.15) is 0 Å². The van der Waals surface area contributed by atoms with Crippen molar-refractivity contribution in [3.8, 4) is 0 Å². The number of rotatable bonds is 0. The molecule has 0 saturated carbocycles. The van der Waals surface area contributed by atoms with Gasteiger partial charge in [0.15, 0.2) is 0 Å². The molecule has 2 rings (SSSR count). The van der Waals surface area contributed by atoms with E-state index in [1.54, 1.807) is 0 Å². The Bertz CT molecular complexity index is 21.0. The van der Waals surface area contributed by atoms with Crippen molar-refractivity contribution >= 4 is 23.5 Å².